The van der Waals surface area contributed by atoms with Crippen molar-refractivity contribution >= 4 is 5.82 Å². The van der Waals surface area contributed by atoms with Gasteiger partial charge in [0, 0.05) is 6.20 Å². The van der Waals surface area contributed by atoms with Crippen molar-refractivity contribution < 1.29 is 23.4 Å². The van der Waals surface area contributed by atoms with E-state index in [4.69, 9.17) is 10.2 Å². The highest BCUT2D eigenvalue weighted by Gasteiger charge is 2.30. The second-order valence-electron chi connectivity index (χ2n) is 3.14. The van der Waals surface area contributed by atoms with Crippen LogP contribution in [0.5, 0.6) is 0 Å². The van der Waals surface area contributed by atoms with Crippen LogP contribution in [0.4, 0.5) is 19.0 Å². The third-order valence-electron chi connectivity index (χ3n) is 1.88. The number of aliphatic hydroxyl groups excluding tert-OH is 2. The smallest absolute Gasteiger partial charge is 0.394 e. The Hall–Kier alpha value is -1.34. The van der Waals surface area contributed by atoms with Crippen molar-refractivity contribution in [2.45, 2.75) is 12.2 Å². The highest BCUT2D eigenvalue weighted by Crippen LogP contribution is 2.28. The van der Waals surface area contributed by atoms with Crippen molar-refractivity contribution in [1.29, 1.82) is 0 Å². The fourth-order valence-electron chi connectivity index (χ4n) is 1.01. The number of anilines is 1. The molecule has 0 spiro atoms. The Labute approximate surface area is 89.7 Å². The predicted octanol–water partition coefficient (Wildman–Crippen LogP) is 0.865. The molecule has 0 fully saturated rings. The molecule has 0 amide bonds. The van der Waals surface area contributed by atoms with Crippen molar-refractivity contribution in [3.05, 3.63) is 23.9 Å². The number of rotatable bonds is 4. The Morgan fingerprint density at radius 1 is 1.25 bits per heavy atom. The molecule has 0 saturated carbocycles. The maximum absolute atomic E-state index is 12.2. The zero-order valence-corrected chi connectivity index (χ0v) is 8.20. The first-order valence-corrected chi connectivity index (χ1v) is 4.49. The van der Waals surface area contributed by atoms with Gasteiger partial charge in [0.05, 0.1) is 24.8 Å². The average molecular weight is 236 g/mol. The number of aromatic nitrogens is 1. The number of hydrogen-bond donors (Lipinski definition) is 3. The molecule has 16 heavy (non-hydrogen) atoms. The Kier molecular flexibility index (Phi) is 4.08. The summed E-state index contributed by atoms with van der Waals surface area (Å²) in [6, 6.07) is 1.38. The summed E-state index contributed by atoms with van der Waals surface area (Å²) in [4.78, 5) is 3.53. The van der Waals surface area contributed by atoms with E-state index in [1.54, 1.807) is 0 Å². The molecule has 1 aromatic rings. The van der Waals surface area contributed by atoms with E-state index < -0.39 is 17.8 Å². The van der Waals surface area contributed by atoms with E-state index >= 15 is 0 Å². The van der Waals surface area contributed by atoms with Gasteiger partial charge in [0.15, 0.2) is 0 Å². The third-order valence-corrected chi connectivity index (χ3v) is 1.88. The van der Waals surface area contributed by atoms with Crippen LogP contribution in [0.1, 0.15) is 5.56 Å². The average Bonchev–Trinajstić information content (AvgIpc) is 2.25. The van der Waals surface area contributed by atoms with E-state index in [-0.39, 0.29) is 19.0 Å². The maximum atomic E-state index is 12.2. The van der Waals surface area contributed by atoms with E-state index in [0.717, 1.165) is 12.1 Å². The molecule has 7 heteroatoms. The first-order chi connectivity index (χ1) is 7.47. The zero-order valence-electron chi connectivity index (χ0n) is 8.20. The molecule has 3 N–H and O–H groups in total. The largest absolute Gasteiger partial charge is 0.417 e. The molecule has 4 nitrogen and oxygen atoms in total. The summed E-state index contributed by atoms with van der Waals surface area (Å²) in [5, 5.41) is 20.1. The van der Waals surface area contributed by atoms with Gasteiger partial charge in [-0.2, -0.15) is 13.2 Å². The first kappa shape index (κ1) is 12.7. The Balaban J connectivity index is 2.72. The zero-order chi connectivity index (χ0) is 12.2. The first-order valence-electron chi connectivity index (χ1n) is 4.49. The van der Waals surface area contributed by atoms with Crippen LogP contribution >= 0.6 is 0 Å². The Bertz CT molecular complexity index is 323. The van der Waals surface area contributed by atoms with Crippen LogP contribution in [0.2, 0.25) is 0 Å². The molecule has 1 heterocycles. The molecule has 0 aliphatic carbocycles. The summed E-state index contributed by atoms with van der Waals surface area (Å²) in [6.07, 6.45) is -3.73. The van der Waals surface area contributed by atoms with Gasteiger partial charge in [0.25, 0.3) is 0 Å². The number of hydrogen-bond acceptors (Lipinski definition) is 4. The molecular formula is C9H11F3N2O2. The van der Waals surface area contributed by atoms with Crippen molar-refractivity contribution in [3.8, 4) is 0 Å². The summed E-state index contributed by atoms with van der Waals surface area (Å²) in [7, 11) is 0. The Morgan fingerprint density at radius 2 is 1.88 bits per heavy atom. The molecule has 0 aromatic carbocycles. The highest BCUT2D eigenvalue weighted by atomic mass is 19.4. The van der Waals surface area contributed by atoms with Crippen molar-refractivity contribution in [2.24, 2.45) is 0 Å². The van der Waals surface area contributed by atoms with Crippen LogP contribution in [0.15, 0.2) is 18.3 Å². The van der Waals surface area contributed by atoms with Crippen molar-refractivity contribution in [1.82, 2.24) is 4.98 Å². The molecule has 1 rings (SSSR count). The fraction of sp³-hybridized carbons (Fsp3) is 0.444. The lowest BCUT2D eigenvalue weighted by molar-refractivity contribution is -0.137. The number of halogens is 3. The van der Waals surface area contributed by atoms with Crippen LogP contribution in [-0.2, 0) is 6.18 Å². The van der Waals surface area contributed by atoms with Crippen LogP contribution < -0.4 is 5.32 Å². The molecule has 0 radical (unpaired) electrons. The lowest BCUT2D eigenvalue weighted by Gasteiger charge is -2.14. The minimum Gasteiger partial charge on any atom is -0.394 e. The summed E-state index contributed by atoms with van der Waals surface area (Å²) in [6.45, 7) is -0.668. The summed E-state index contributed by atoms with van der Waals surface area (Å²) in [5.41, 5.74) is -0.845. The van der Waals surface area contributed by atoms with Gasteiger partial charge in [-0.1, -0.05) is 0 Å². The minimum atomic E-state index is -4.42. The van der Waals surface area contributed by atoms with Crippen LogP contribution in [0.25, 0.3) is 0 Å². The minimum absolute atomic E-state index is 0.168. The fourth-order valence-corrected chi connectivity index (χ4v) is 1.01. The van der Waals surface area contributed by atoms with Gasteiger partial charge in [-0.3, -0.25) is 0 Å². The molecule has 0 aliphatic heterocycles. The molecule has 90 valence electrons. The number of aliphatic hydroxyl groups is 2. The van der Waals surface area contributed by atoms with Crippen molar-refractivity contribution in [3.63, 3.8) is 0 Å². The molecule has 0 bridgehead atoms. The number of pyridine rings is 1. The van der Waals surface area contributed by atoms with Gasteiger partial charge in [0.1, 0.15) is 5.82 Å². The normalized spacial score (nSPS) is 11.9. The Morgan fingerprint density at radius 3 is 2.25 bits per heavy atom. The molecule has 0 unspecified atom stereocenters. The molecule has 0 atom stereocenters. The molecular weight excluding hydrogens is 225 g/mol. The SMILES string of the molecule is OCC(CO)Nc1ccc(C(F)(F)F)cn1. The quantitative estimate of drug-likeness (QED) is 0.725. The third kappa shape index (κ3) is 3.35. The van der Waals surface area contributed by atoms with Gasteiger partial charge in [-0.25, -0.2) is 4.98 Å². The summed E-state index contributed by atoms with van der Waals surface area (Å²) < 4.78 is 36.5. The van der Waals surface area contributed by atoms with E-state index in [1.165, 1.54) is 0 Å². The number of nitrogens with one attached hydrogen (secondary N) is 1. The van der Waals surface area contributed by atoms with E-state index in [9.17, 15) is 13.2 Å². The number of alkyl halides is 3. The van der Waals surface area contributed by atoms with Gasteiger partial charge in [-0.15, -0.1) is 0 Å². The van der Waals surface area contributed by atoms with Crippen LogP contribution in [0.3, 0.4) is 0 Å². The molecule has 0 saturated heterocycles. The second kappa shape index (κ2) is 5.13. The van der Waals surface area contributed by atoms with Gasteiger partial charge < -0.3 is 15.5 Å². The summed E-state index contributed by atoms with van der Waals surface area (Å²) >= 11 is 0. The van der Waals surface area contributed by atoms with Gasteiger partial charge >= 0.3 is 6.18 Å². The van der Waals surface area contributed by atoms with Crippen LogP contribution in [0, 0.1) is 0 Å². The summed E-state index contributed by atoms with van der Waals surface area (Å²) in [5.74, 6) is 0.168. The molecule has 1 aromatic heterocycles. The van der Waals surface area contributed by atoms with Crippen LogP contribution in [-0.4, -0.2) is 34.5 Å². The van der Waals surface area contributed by atoms with Gasteiger partial charge in [0.2, 0.25) is 0 Å². The van der Waals surface area contributed by atoms with E-state index in [1.807, 2.05) is 0 Å². The predicted molar refractivity (Wildman–Crippen MR) is 50.8 cm³/mol. The van der Waals surface area contributed by atoms with E-state index in [2.05, 4.69) is 10.3 Å². The maximum Gasteiger partial charge on any atom is 0.417 e. The lowest BCUT2D eigenvalue weighted by atomic mass is 10.2. The second-order valence-corrected chi connectivity index (χ2v) is 3.14. The molecule has 0 aliphatic rings. The monoisotopic (exact) mass is 236 g/mol. The van der Waals surface area contributed by atoms with Gasteiger partial charge in [-0.05, 0) is 12.1 Å². The highest BCUT2D eigenvalue weighted by molar-refractivity contribution is 5.37. The van der Waals surface area contributed by atoms with Crippen molar-refractivity contribution in [2.75, 3.05) is 18.5 Å². The number of nitrogens with zero attached hydrogens (tertiary/aromatic N) is 1. The standard InChI is InChI=1S/C9H11F3N2O2/c10-9(11,12)6-1-2-8(13-3-6)14-7(4-15)5-16/h1-3,7,15-16H,4-5H2,(H,13,14). The lowest BCUT2D eigenvalue weighted by Crippen LogP contribution is -2.28. The van der Waals surface area contributed by atoms with E-state index in [0.29, 0.717) is 6.20 Å². The topological polar surface area (TPSA) is 65.4 Å².